The van der Waals surface area contributed by atoms with Crippen LogP contribution in [0.4, 0.5) is 5.69 Å². The first-order valence-electron chi connectivity index (χ1n) is 8.01. The van der Waals surface area contributed by atoms with Crippen LogP contribution in [-0.2, 0) is 27.8 Å². The van der Waals surface area contributed by atoms with Gasteiger partial charge in [-0.15, -0.1) is 0 Å². The predicted octanol–water partition coefficient (Wildman–Crippen LogP) is 1.83. The van der Waals surface area contributed by atoms with Crippen molar-refractivity contribution in [2.75, 3.05) is 19.1 Å². The minimum Gasteiger partial charge on any atom is -0.496 e. The van der Waals surface area contributed by atoms with Crippen LogP contribution in [0, 0.1) is 0 Å². The zero-order valence-corrected chi connectivity index (χ0v) is 15.4. The van der Waals surface area contributed by atoms with Gasteiger partial charge in [0.25, 0.3) is 0 Å². The number of hydrogen-bond acceptors (Lipinski definition) is 5. The largest absolute Gasteiger partial charge is 0.496 e. The number of nitrogens with two attached hydrogens (primary N) is 1. The highest BCUT2D eigenvalue weighted by Crippen LogP contribution is 2.37. The third-order valence-corrected chi connectivity index (χ3v) is 5.32. The van der Waals surface area contributed by atoms with Crippen molar-refractivity contribution < 1.29 is 22.7 Å². The second-order valence-corrected chi connectivity index (χ2v) is 7.50. The molecule has 7 nitrogen and oxygen atoms in total. The first-order chi connectivity index (χ1) is 12.3. The van der Waals surface area contributed by atoms with Gasteiger partial charge in [0.2, 0.25) is 15.9 Å². The van der Waals surface area contributed by atoms with Crippen LogP contribution in [0.15, 0.2) is 41.3 Å². The molecule has 1 aliphatic rings. The molecule has 2 N–H and O–H groups in total. The fourth-order valence-electron chi connectivity index (χ4n) is 3.11. The second-order valence-electron chi connectivity index (χ2n) is 5.97. The number of anilines is 1. The molecule has 0 fully saturated rings. The van der Waals surface area contributed by atoms with E-state index in [0.717, 1.165) is 11.1 Å². The highest BCUT2D eigenvalue weighted by atomic mass is 32.2. The molecule has 1 aliphatic heterocycles. The lowest BCUT2D eigenvalue weighted by Crippen LogP contribution is -2.35. The lowest BCUT2D eigenvalue weighted by molar-refractivity contribution is -0.119. The van der Waals surface area contributed by atoms with Gasteiger partial charge < -0.3 is 14.4 Å². The zero-order valence-electron chi connectivity index (χ0n) is 14.6. The van der Waals surface area contributed by atoms with E-state index in [1.807, 2.05) is 24.3 Å². The smallest absolute Gasteiger partial charge is 0.241 e. The standard InChI is InChI=1S/C18H20N2O5S/c1-24-15-6-4-3-5-13(15)11-20-14-10-16(25-2)17(26(19,22)23)9-12(14)7-8-18(20)21/h3-6,9-10H,7-8,11H2,1-2H3,(H2,19,22,23). The number of sulfonamides is 1. The average Bonchev–Trinajstić information content (AvgIpc) is 2.62. The molecular weight excluding hydrogens is 356 g/mol. The minimum absolute atomic E-state index is 0.0474. The SMILES string of the molecule is COc1ccccc1CN1C(=O)CCc2cc(S(N)(=O)=O)c(OC)cc21. The van der Waals surface area contributed by atoms with Crippen molar-refractivity contribution >= 4 is 21.6 Å². The van der Waals surface area contributed by atoms with Gasteiger partial charge in [0.1, 0.15) is 16.4 Å². The topological polar surface area (TPSA) is 98.9 Å². The van der Waals surface area contributed by atoms with Gasteiger partial charge in [-0.1, -0.05) is 18.2 Å². The third-order valence-electron chi connectivity index (χ3n) is 4.39. The van der Waals surface area contributed by atoms with E-state index in [9.17, 15) is 13.2 Å². The molecule has 2 aromatic carbocycles. The zero-order chi connectivity index (χ0) is 18.9. The maximum atomic E-state index is 12.5. The number of hydrogen-bond donors (Lipinski definition) is 1. The number of benzene rings is 2. The Kier molecular flexibility index (Phi) is 4.88. The first-order valence-corrected chi connectivity index (χ1v) is 9.55. The maximum absolute atomic E-state index is 12.5. The molecule has 0 aliphatic carbocycles. The van der Waals surface area contributed by atoms with Gasteiger partial charge in [-0.3, -0.25) is 4.79 Å². The molecule has 0 unspecified atom stereocenters. The molecule has 1 amide bonds. The number of nitrogens with zero attached hydrogens (tertiary/aromatic N) is 1. The number of amides is 1. The summed E-state index contributed by atoms with van der Waals surface area (Å²) in [7, 11) is -0.986. The average molecular weight is 376 g/mol. The van der Waals surface area contributed by atoms with Crippen LogP contribution in [0.25, 0.3) is 0 Å². The summed E-state index contributed by atoms with van der Waals surface area (Å²) in [5, 5.41) is 5.28. The van der Waals surface area contributed by atoms with Crippen LogP contribution in [-0.4, -0.2) is 28.5 Å². The Hall–Kier alpha value is -2.58. The molecule has 1 heterocycles. The number of aryl methyl sites for hydroxylation is 1. The van der Waals surface area contributed by atoms with Crippen LogP contribution in [0.2, 0.25) is 0 Å². The van der Waals surface area contributed by atoms with Crippen LogP contribution in [0.3, 0.4) is 0 Å². The molecular formula is C18H20N2O5S. The van der Waals surface area contributed by atoms with Crippen molar-refractivity contribution in [1.29, 1.82) is 0 Å². The van der Waals surface area contributed by atoms with Crippen LogP contribution in [0.1, 0.15) is 17.5 Å². The second kappa shape index (κ2) is 6.97. The number of para-hydroxylation sites is 1. The number of carbonyl (C=O) groups is 1. The Morgan fingerprint density at radius 2 is 1.77 bits per heavy atom. The van der Waals surface area contributed by atoms with Crippen molar-refractivity contribution in [3.63, 3.8) is 0 Å². The molecule has 138 valence electrons. The van der Waals surface area contributed by atoms with Crippen molar-refractivity contribution in [3.8, 4) is 11.5 Å². The summed E-state index contributed by atoms with van der Waals surface area (Å²) in [5.74, 6) is 0.750. The molecule has 26 heavy (non-hydrogen) atoms. The summed E-state index contributed by atoms with van der Waals surface area (Å²) in [4.78, 5) is 14.1. The van der Waals surface area contributed by atoms with Crippen molar-refractivity contribution in [2.45, 2.75) is 24.3 Å². The third kappa shape index (κ3) is 3.38. The number of rotatable bonds is 5. The summed E-state index contributed by atoms with van der Waals surface area (Å²) in [5.41, 5.74) is 2.21. The molecule has 8 heteroatoms. The molecule has 0 atom stereocenters. The molecule has 3 rings (SSSR count). The van der Waals surface area contributed by atoms with E-state index in [-0.39, 0.29) is 16.6 Å². The summed E-state index contributed by atoms with van der Waals surface area (Å²) in [6.45, 7) is 0.313. The number of primary sulfonamides is 1. The lowest BCUT2D eigenvalue weighted by Gasteiger charge is -2.30. The monoisotopic (exact) mass is 376 g/mol. The highest BCUT2D eigenvalue weighted by Gasteiger charge is 2.28. The van der Waals surface area contributed by atoms with Gasteiger partial charge in [-0.2, -0.15) is 0 Å². The number of methoxy groups -OCH3 is 2. The van der Waals surface area contributed by atoms with Gasteiger partial charge in [-0.25, -0.2) is 13.6 Å². The fourth-order valence-corrected chi connectivity index (χ4v) is 3.84. The lowest BCUT2D eigenvalue weighted by atomic mass is 10.00. The minimum atomic E-state index is -3.93. The Morgan fingerprint density at radius 1 is 1.08 bits per heavy atom. The van der Waals surface area contributed by atoms with E-state index in [4.69, 9.17) is 14.6 Å². The Morgan fingerprint density at radius 3 is 2.42 bits per heavy atom. The number of ether oxygens (including phenoxy) is 2. The summed E-state index contributed by atoms with van der Waals surface area (Å²) in [6, 6.07) is 10.5. The molecule has 2 aromatic rings. The number of fused-ring (bicyclic) bond motifs is 1. The van der Waals surface area contributed by atoms with Crippen LogP contribution in [0.5, 0.6) is 11.5 Å². The van der Waals surface area contributed by atoms with Gasteiger partial charge in [0.05, 0.1) is 26.5 Å². The molecule has 0 bridgehead atoms. The molecule has 0 spiro atoms. The van der Waals surface area contributed by atoms with Gasteiger partial charge in [0, 0.05) is 18.1 Å². The Bertz CT molecular complexity index is 956. The normalized spacial score (nSPS) is 14.1. The molecule has 0 radical (unpaired) electrons. The van der Waals surface area contributed by atoms with Gasteiger partial charge in [-0.05, 0) is 24.1 Å². The first kappa shape index (κ1) is 18.2. The van der Waals surface area contributed by atoms with Crippen molar-refractivity contribution in [3.05, 3.63) is 47.5 Å². The van der Waals surface area contributed by atoms with Gasteiger partial charge in [0.15, 0.2) is 0 Å². The van der Waals surface area contributed by atoms with E-state index in [1.54, 1.807) is 18.1 Å². The quantitative estimate of drug-likeness (QED) is 0.858. The maximum Gasteiger partial charge on any atom is 0.241 e. The van der Waals surface area contributed by atoms with Gasteiger partial charge >= 0.3 is 0 Å². The van der Waals surface area contributed by atoms with Crippen LogP contribution >= 0.6 is 0 Å². The van der Waals surface area contributed by atoms with E-state index in [1.165, 1.54) is 13.2 Å². The summed E-state index contributed by atoms with van der Waals surface area (Å²) < 4.78 is 34.2. The van der Waals surface area contributed by atoms with E-state index >= 15 is 0 Å². The van der Waals surface area contributed by atoms with E-state index in [0.29, 0.717) is 30.8 Å². The Labute approximate surface area is 152 Å². The van der Waals surface area contributed by atoms with Crippen molar-refractivity contribution in [1.82, 2.24) is 0 Å². The predicted molar refractivity (Wildman–Crippen MR) is 96.9 cm³/mol. The summed E-state index contributed by atoms with van der Waals surface area (Å²) >= 11 is 0. The molecule has 0 aromatic heterocycles. The van der Waals surface area contributed by atoms with Crippen LogP contribution < -0.4 is 19.5 Å². The van der Waals surface area contributed by atoms with Crippen molar-refractivity contribution in [2.24, 2.45) is 5.14 Å². The van der Waals surface area contributed by atoms with E-state index in [2.05, 4.69) is 0 Å². The fraction of sp³-hybridized carbons (Fsp3) is 0.278. The summed E-state index contributed by atoms with van der Waals surface area (Å²) in [6.07, 6.45) is 0.738. The van der Waals surface area contributed by atoms with E-state index < -0.39 is 10.0 Å². The highest BCUT2D eigenvalue weighted by molar-refractivity contribution is 7.89. The Balaban J connectivity index is 2.08. The molecule has 0 saturated heterocycles. The molecule has 0 saturated carbocycles. The number of carbonyl (C=O) groups excluding carboxylic acids is 1.